The van der Waals surface area contributed by atoms with Crippen LogP contribution in [0, 0.1) is 28.6 Å². The van der Waals surface area contributed by atoms with E-state index in [9.17, 15) is 19.5 Å². The van der Waals surface area contributed by atoms with Crippen molar-refractivity contribution in [2.75, 3.05) is 0 Å². The molecule has 7 heteroatoms. The summed E-state index contributed by atoms with van der Waals surface area (Å²) in [4.78, 5) is 37.5. The van der Waals surface area contributed by atoms with E-state index >= 15 is 0 Å². The number of hydrogen-bond donors (Lipinski definition) is 1. The number of hydrogen-bond acceptors (Lipinski definition) is 7. The molecule has 5 fully saturated rings. The molecule has 0 bridgehead atoms. The van der Waals surface area contributed by atoms with Crippen molar-refractivity contribution >= 4 is 17.7 Å². The minimum Gasteiger partial charge on any atom is -0.462 e. The summed E-state index contributed by atoms with van der Waals surface area (Å²) in [6, 6.07) is 0. The van der Waals surface area contributed by atoms with Crippen molar-refractivity contribution in [3.05, 3.63) is 11.6 Å². The largest absolute Gasteiger partial charge is 0.462 e. The average molecular weight is 416 g/mol. The molecule has 0 aromatic heterocycles. The summed E-state index contributed by atoms with van der Waals surface area (Å²) in [6.07, 6.45) is 2.93. The highest BCUT2D eigenvalue weighted by Crippen LogP contribution is 2.73. The number of ether oxygens (including phenoxy) is 3. The Morgan fingerprint density at radius 3 is 2.73 bits per heavy atom. The molecule has 162 valence electrons. The quantitative estimate of drug-likeness (QED) is 0.513. The summed E-state index contributed by atoms with van der Waals surface area (Å²) >= 11 is 0. The molecule has 6 aliphatic rings. The molecule has 30 heavy (non-hydrogen) atoms. The molecule has 6 rings (SSSR count). The second-order valence-corrected chi connectivity index (χ2v) is 10.5. The van der Waals surface area contributed by atoms with Gasteiger partial charge in [0.15, 0.2) is 5.78 Å². The predicted molar refractivity (Wildman–Crippen MR) is 102 cm³/mol. The second kappa shape index (κ2) is 5.54. The van der Waals surface area contributed by atoms with Crippen molar-refractivity contribution in [3.8, 4) is 0 Å². The maximum Gasteiger partial charge on any atom is 0.313 e. The zero-order valence-corrected chi connectivity index (χ0v) is 17.6. The lowest BCUT2D eigenvalue weighted by molar-refractivity contribution is -0.251. The fraction of sp³-hybridized carbons (Fsp3) is 0.783. The number of carbonyl (C=O) groups is 3. The van der Waals surface area contributed by atoms with Crippen LogP contribution in [-0.2, 0) is 28.6 Å². The van der Waals surface area contributed by atoms with E-state index in [-0.39, 0.29) is 54.2 Å². The van der Waals surface area contributed by atoms with Crippen LogP contribution in [0.4, 0.5) is 0 Å². The highest BCUT2D eigenvalue weighted by molar-refractivity contribution is 5.92. The van der Waals surface area contributed by atoms with Crippen molar-refractivity contribution in [2.24, 2.45) is 28.6 Å². The molecule has 0 aromatic rings. The van der Waals surface area contributed by atoms with E-state index in [2.05, 4.69) is 0 Å². The molecule has 4 aliphatic carbocycles. The third-order valence-corrected chi connectivity index (χ3v) is 9.51. The lowest BCUT2D eigenvalue weighted by Crippen LogP contribution is -2.72. The summed E-state index contributed by atoms with van der Waals surface area (Å²) in [5.41, 5.74) is -2.04. The summed E-state index contributed by atoms with van der Waals surface area (Å²) in [7, 11) is 0. The standard InChI is InChI=1S/C23H28O7/c1-10-13-4-5-14-17-19-18(30-19)15-8-12(25)6-7-21(15,3)23(17,27)16(29-11(2)24)9-22(13,14)20(26)28-10/h8,10,13-14,16-19,27H,4-7,9H2,1-3H3. The van der Waals surface area contributed by atoms with Crippen molar-refractivity contribution in [1.29, 1.82) is 0 Å². The molecule has 0 aromatic carbocycles. The van der Waals surface area contributed by atoms with E-state index < -0.39 is 28.5 Å². The van der Waals surface area contributed by atoms with Gasteiger partial charge in [-0.25, -0.2) is 0 Å². The Hall–Kier alpha value is -1.73. The number of esters is 2. The molecule has 0 amide bonds. The third-order valence-electron chi connectivity index (χ3n) is 9.51. The first-order chi connectivity index (χ1) is 14.1. The first-order valence-electron chi connectivity index (χ1n) is 11.2. The SMILES string of the molecule is CC(=O)OC1CC23C(=O)OC(C)C2CCC3C2C3OC3C3=CC(=O)CCC3(C)C12O. The molecule has 10 unspecified atom stereocenters. The van der Waals surface area contributed by atoms with Crippen LogP contribution in [0.25, 0.3) is 0 Å². The fourth-order valence-corrected chi connectivity index (χ4v) is 8.27. The first kappa shape index (κ1) is 19.0. The Kier molecular flexibility index (Phi) is 3.51. The number of carbonyl (C=O) groups excluding carboxylic acids is 3. The van der Waals surface area contributed by atoms with Gasteiger partial charge in [-0.3, -0.25) is 14.4 Å². The Balaban J connectivity index is 1.55. The zero-order chi connectivity index (χ0) is 21.2. The number of fused-ring (bicyclic) bond motifs is 7. The van der Waals surface area contributed by atoms with Crippen molar-refractivity contribution in [2.45, 2.75) is 82.9 Å². The third kappa shape index (κ3) is 1.93. The number of aliphatic hydroxyl groups is 1. The molecule has 2 saturated heterocycles. The average Bonchev–Trinajstić information content (AvgIpc) is 3.29. The number of ketones is 1. The van der Waals surface area contributed by atoms with Crippen molar-refractivity contribution in [1.82, 2.24) is 0 Å². The van der Waals surface area contributed by atoms with E-state index in [1.807, 2.05) is 13.8 Å². The molecule has 2 heterocycles. The predicted octanol–water partition coefficient (Wildman–Crippen LogP) is 1.70. The molecular formula is C23H28O7. The highest BCUT2D eigenvalue weighted by Gasteiger charge is 2.81. The van der Waals surface area contributed by atoms with Gasteiger partial charge in [-0.2, -0.15) is 0 Å². The summed E-state index contributed by atoms with van der Waals surface area (Å²) in [6.45, 7) is 5.26. The molecule has 1 N–H and O–H groups in total. The molecule has 10 atom stereocenters. The molecule has 2 aliphatic heterocycles. The van der Waals surface area contributed by atoms with Crippen LogP contribution in [-0.4, -0.2) is 52.8 Å². The van der Waals surface area contributed by atoms with Crippen LogP contribution in [0.3, 0.4) is 0 Å². The fourth-order valence-electron chi connectivity index (χ4n) is 8.27. The molecule has 7 nitrogen and oxygen atoms in total. The van der Waals surface area contributed by atoms with Gasteiger partial charge in [0.25, 0.3) is 0 Å². The molecular weight excluding hydrogens is 388 g/mol. The van der Waals surface area contributed by atoms with Gasteiger partial charge in [0, 0.05) is 37.0 Å². The number of epoxide rings is 1. The van der Waals surface area contributed by atoms with Gasteiger partial charge >= 0.3 is 11.9 Å². The number of rotatable bonds is 1. The minimum absolute atomic E-state index is 0.0456. The Morgan fingerprint density at radius 2 is 2.00 bits per heavy atom. The Labute approximate surface area is 175 Å². The van der Waals surface area contributed by atoms with Gasteiger partial charge in [0.1, 0.15) is 23.9 Å². The van der Waals surface area contributed by atoms with Gasteiger partial charge < -0.3 is 19.3 Å². The maximum atomic E-state index is 13.2. The minimum atomic E-state index is -1.39. The van der Waals surface area contributed by atoms with E-state index in [1.165, 1.54) is 6.92 Å². The molecule has 1 spiro atoms. The smallest absolute Gasteiger partial charge is 0.313 e. The van der Waals surface area contributed by atoms with Gasteiger partial charge in [-0.05, 0) is 43.8 Å². The van der Waals surface area contributed by atoms with Crippen LogP contribution in [0.2, 0.25) is 0 Å². The summed E-state index contributed by atoms with van der Waals surface area (Å²) in [5.74, 6) is -1.00. The lowest BCUT2D eigenvalue weighted by atomic mass is 9.43. The molecule has 0 radical (unpaired) electrons. The van der Waals surface area contributed by atoms with Crippen molar-refractivity contribution < 1.29 is 33.7 Å². The normalized spacial score (nSPS) is 55.3. The van der Waals surface area contributed by atoms with E-state index in [0.29, 0.717) is 12.8 Å². The first-order valence-corrected chi connectivity index (χ1v) is 11.2. The van der Waals surface area contributed by atoms with Crippen LogP contribution in [0.5, 0.6) is 0 Å². The second-order valence-electron chi connectivity index (χ2n) is 10.5. The van der Waals surface area contributed by atoms with Gasteiger partial charge in [-0.1, -0.05) is 6.92 Å². The topological polar surface area (TPSA) is 102 Å². The maximum absolute atomic E-state index is 13.2. The van der Waals surface area contributed by atoms with Crippen LogP contribution < -0.4 is 0 Å². The van der Waals surface area contributed by atoms with E-state index in [1.54, 1.807) is 6.08 Å². The van der Waals surface area contributed by atoms with Crippen LogP contribution >= 0.6 is 0 Å². The van der Waals surface area contributed by atoms with Gasteiger partial charge in [0.05, 0.1) is 11.5 Å². The number of cyclic esters (lactones) is 1. The Bertz CT molecular complexity index is 909. The van der Waals surface area contributed by atoms with Gasteiger partial charge in [0.2, 0.25) is 0 Å². The monoisotopic (exact) mass is 416 g/mol. The van der Waals surface area contributed by atoms with Gasteiger partial charge in [-0.15, -0.1) is 0 Å². The Morgan fingerprint density at radius 1 is 1.27 bits per heavy atom. The highest BCUT2D eigenvalue weighted by atomic mass is 16.6. The van der Waals surface area contributed by atoms with Crippen LogP contribution in [0.1, 0.15) is 52.9 Å². The van der Waals surface area contributed by atoms with E-state index in [0.717, 1.165) is 18.4 Å². The van der Waals surface area contributed by atoms with E-state index in [4.69, 9.17) is 14.2 Å². The van der Waals surface area contributed by atoms with Crippen molar-refractivity contribution in [3.63, 3.8) is 0 Å². The van der Waals surface area contributed by atoms with Crippen LogP contribution in [0.15, 0.2) is 11.6 Å². The summed E-state index contributed by atoms with van der Waals surface area (Å²) in [5, 5.41) is 12.5. The summed E-state index contributed by atoms with van der Waals surface area (Å²) < 4.78 is 17.6. The lowest BCUT2D eigenvalue weighted by Gasteiger charge is -2.62. The molecule has 3 saturated carbocycles. The zero-order valence-electron chi connectivity index (χ0n) is 17.6.